The minimum absolute atomic E-state index is 0.168. The van der Waals surface area contributed by atoms with Gasteiger partial charge in [-0.25, -0.2) is 9.98 Å². The summed E-state index contributed by atoms with van der Waals surface area (Å²) in [5, 5.41) is 12.1. The van der Waals surface area contributed by atoms with Crippen molar-refractivity contribution in [3.8, 4) is 28.3 Å². The first-order valence-corrected chi connectivity index (χ1v) is 10.4. The molecule has 0 aliphatic carbocycles. The van der Waals surface area contributed by atoms with Gasteiger partial charge in [-0.2, -0.15) is 0 Å². The van der Waals surface area contributed by atoms with E-state index in [4.69, 9.17) is 14.4 Å². The highest BCUT2D eigenvalue weighted by Crippen LogP contribution is 2.32. The van der Waals surface area contributed by atoms with Gasteiger partial charge in [0.1, 0.15) is 17.1 Å². The second-order valence-corrected chi connectivity index (χ2v) is 8.10. The van der Waals surface area contributed by atoms with Crippen molar-refractivity contribution in [1.29, 1.82) is 0 Å². The molecule has 3 aromatic carbocycles. The topological polar surface area (TPSA) is 58.6 Å². The maximum absolute atomic E-state index is 10.0. The molecule has 0 spiro atoms. The van der Waals surface area contributed by atoms with Gasteiger partial charge in [0.15, 0.2) is 0 Å². The molecule has 0 amide bonds. The molecule has 2 aromatic heterocycles. The highest BCUT2D eigenvalue weighted by atomic mass is 32.1. The van der Waals surface area contributed by atoms with Crippen molar-refractivity contribution in [1.82, 2.24) is 4.98 Å². The van der Waals surface area contributed by atoms with Gasteiger partial charge in [0.25, 0.3) is 0 Å². The third-order valence-electron chi connectivity index (χ3n) is 4.83. The standard InChI is InChI=1S/C25H18N2O2S/c1-16-24(18-10-6-3-7-11-18)27-25(30-16)26-21-15-23(17-8-4-2-5-9-17)29-22-13-12-19(28)14-20(21)22/h2-15,28H,1H3. The number of benzene rings is 3. The predicted molar refractivity (Wildman–Crippen MR) is 121 cm³/mol. The van der Waals surface area contributed by atoms with Crippen LogP contribution < -0.4 is 5.36 Å². The van der Waals surface area contributed by atoms with E-state index in [1.807, 2.05) is 66.7 Å². The molecule has 5 aromatic rings. The number of aromatic nitrogens is 1. The summed E-state index contributed by atoms with van der Waals surface area (Å²) in [5.74, 6) is 0.881. The van der Waals surface area contributed by atoms with Gasteiger partial charge in [0.2, 0.25) is 5.13 Å². The Labute approximate surface area is 177 Å². The Morgan fingerprint density at radius 3 is 2.30 bits per heavy atom. The van der Waals surface area contributed by atoms with E-state index in [9.17, 15) is 5.11 Å². The van der Waals surface area contributed by atoms with E-state index in [1.54, 1.807) is 29.5 Å². The van der Waals surface area contributed by atoms with Gasteiger partial charge in [-0.3, -0.25) is 0 Å². The first-order valence-electron chi connectivity index (χ1n) is 9.57. The zero-order valence-corrected chi connectivity index (χ0v) is 17.1. The van der Waals surface area contributed by atoms with Crippen molar-refractivity contribution in [2.75, 3.05) is 0 Å². The smallest absolute Gasteiger partial charge is 0.210 e. The number of phenols is 1. The summed E-state index contributed by atoms with van der Waals surface area (Å²) in [6, 6.07) is 27.0. The van der Waals surface area contributed by atoms with Crippen molar-refractivity contribution >= 4 is 27.4 Å². The molecule has 0 fully saturated rings. The second kappa shape index (κ2) is 7.61. The van der Waals surface area contributed by atoms with Crippen LogP contribution in [0.15, 0.2) is 94.3 Å². The molecule has 5 heteroatoms. The highest BCUT2D eigenvalue weighted by molar-refractivity contribution is 7.15. The van der Waals surface area contributed by atoms with Crippen molar-refractivity contribution in [3.05, 3.63) is 95.2 Å². The lowest BCUT2D eigenvalue weighted by atomic mass is 10.1. The van der Waals surface area contributed by atoms with Gasteiger partial charge in [-0.05, 0) is 25.1 Å². The Balaban J connectivity index is 1.72. The quantitative estimate of drug-likeness (QED) is 0.371. The molecule has 0 aliphatic rings. The number of aryl methyl sites for hydroxylation is 1. The van der Waals surface area contributed by atoms with Crippen molar-refractivity contribution in [2.24, 2.45) is 4.99 Å². The molecule has 1 N–H and O–H groups in total. The zero-order chi connectivity index (χ0) is 20.5. The number of thiazole rings is 1. The first kappa shape index (κ1) is 18.3. The molecule has 30 heavy (non-hydrogen) atoms. The maximum atomic E-state index is 10.0. The van der Waals surface area contributed by atoms with Crippen LogP contribution in [0, 0.1) is 6.92 Å². The molecule has 0 radical (unpaired) electrons. The van der Waals surface area contributed by atoms with E-state index in [1.165, 1.54) is 0 Å². The fourth-order valence-electron chi connectivity index (χ4n) is 3.39. The third kappa shape index (κ3) is 3.51. The summed E-state index contributed by atoms with van der Waals surface area (Å²) < 4.78 is 6.09. The van der Waals surface area contributed by atoms with Crippen molar-refractivity contribution < 1.29 is 9.52 Å². The average Bonchev–Trinajstić information content (AvgIpc) is 3.15. The van der Waals surface area contributed by atoms with Gasteiger partial charge in [0.05, 0.1) is 11.1 Å². The SMILES string of the molecule is Cc1sc(N=c2cc(-c3ccccc3)oc3ccc(O)cc23)nc1-c1ccccc1. The molecular weight excluding hydrogens is 392 g/mol. The van der Waals surface area contributed by atoms with Gasteiger partial charge in [0, 0.05) is 27.5 Å². The monoisotopic (exact) mass is 410 g/mol. The lowest BCUT2D eigenvalue weighted by Crippen LogP contribution is -2.03. The summed E-state index contributed by atoms with van der Waals surface area (Å²) in [6.45, 7) is 2.05. The number of fused-ring (bicyclic) bond motifs is 1. The van der Waals surface area contributed by atoms with Crippen LogP contribution in [0.2, 0.25) is 0 Å². The Hall–Kier alpha value is -3.70. The van der Waals surface area contributed by atoms with Gasteiger partial charge in [-0.1, -0.05) is 72.0 Å². The van der Waals surface area contributed by atoms with Crippen LogP contribution >= 0.6 is 11.3 Å². The fraction of sp³-hybridized carbons (Fsp3) is 0.0400. The van der Waals surface area contributed by atoms with Crippen LogP contribution in [-0.2, 0) is 0 Å². The zero-order valence-electron chi connectivity index (χ0n) is 16.2. The summed E-state index contributed by atoms with van der Waals surface area (Å²) in [7, 11) is 0. The summed E-state index contributed by atoms with van der Waals surface area (Å²) in [4.78, 5) is 10.7. The van der Waals surface area contributed by atoms with Crippen LogP contribution in [0.4, 0.5) is 5.13 Å². The Morgan fingerprint density at radius 2 is 1.57 bits per heavy atom. The second-order valence-electron chi connectivity index (χ2n) is 6.92. The van der Waals surface area contributed by atoms with E-state index in [0.717, 1.165) is 27.1 Å². The van der Waals surface area contributed by atoms with E-state index in [0.29, 0.717) is 21.8 Å². The van der Waals surface area contributed by atoms with E-state index in [2.05, 4.69) is 6.92 Å². The van der Waals surface area contributed by atoms with Crippen molar-refractivity contribution in [2.45, 2.75) is 6.92 Å². The number of nitrogens with zero attached hydrogens (tertiary/aromatic N) is 2. The third-order valence-corrected chi connectivity index (χ3v) is 5.70. The van der Waals surface area contributed by atoms with Gasteiger partial charge in [-0.15, -0.1) is 0 Å². The minimum atomic E-state index is 0.168. The number of hydrogen-bond donors (Lipinski definition) is 1. The molecule has 0 aliphatic heterocycles. The molecule has 0 bridgehead atoms. The van der Waals surface area contributed by atoms with Crippen LogP contribution in [0.1, 0.15) is 4.88 Å². The molecular formula is C25H18N2O2S. The van der Waals surface area contributed by atoms with Crippen LogP contribution in [-0.4, -0.2) is 10.1 Å². The minimum Gasteiger partial charge on any atom is -0.508 e. The number of aromatic hydroxyl groups is 1. The maximum Gasteiger partial charge on any atom is 0.210 e. The molecule has 0 saturated heterocycles. The fourth-order valence-corrected chi connectivity index (χ4v) is 4.21. The van der Waals surface area contributed by atoms with Gasteiger partial charge >= 0.3 is 0 Å². The van der Waals surface area contributed by atoms with Crippen LogP contribution in [0.25, 0.3) is 33.6 Å². The molecule has 146 valence electrons. The Morgan fingerprint density at radius 1 is 0.867 bits per heavy atom. The van der Waals surface area contributed by atoms with E-state index < -0.39 is 0 Å². The lowest BCUT2D eigenvalue weighted by Gasteiger charge is -2.05. The van der Waals surface area contributed by atoms with Crippen LogP contribution in [0.5, 0.6) is 5.75 Å². The van der Waals surface area contributed by atoms with Crippen molar-refractivity contribution in [3.63, 3.8) is 0 Å². The molecule has 4 nitrogen and oxygen atoms in total. The Kier molecular flexibility index (Phi) is 4.65. The average molecular weight is 410 g/mol. The van der Waals surface area contributed by atoms with E-state index in [-0.39, 0.29) is 5.75 Å². The molecule has 5 rings (SSSR count). The predicted octanol–water partition coefficient (Wildman–Crippen LogP) is 6.47. The largest absolute Gasteiger partial charge is 0.508 e. The normalized spacial score (nSPS) is 11.8. The van der Waals surface area contributed by atoms with E-state index >= 15 is 0 Å². The molecule has 2 heterocycles. The number of rotatable bonds is 3. The molecule has 0 saturated carbocycles. The van der Waals surface area contributed by atoms with Gasteiger partial charge < -0.3 is 9.52 Å². The first-order chi connectivity index (χ1) is 14.7. The summed E-state index contributed by atoms with van der Waals surface area (Å²) in [6.07, 6.45) is 0. The molecule has 0 unspecified atom stereocenters. The lowest BCUT2D eigenvalue weighted by molar-refractivity contribution is 0.475. The summed E-state index contributed by atoms with van der Waals surface area (Å²) >= 11 is 1.55. The number of phenolic OH excluding ortho intramolecular Hbond substituents is 1. The molecule has 0 atom stereocenters. The summed E-state index contributed by atoms with van der Waals surface area (Å²) in [5.41, 5.74) is 3.63. The highest BCUT2D eigenvalue weighted by Gasteiger charge is 2.11. The van der Waals surface area contributed by atoms with Crippen LogP contribution in [0.3, 0.4) is 0 Å². The number of hydrogen-bond acceptors (Lipinski definition) is 5. The Bertz CT molecular complexity index is 1400.